The smallest absolute Gasteiger partial charge is 0.303 e. The molecule has 1 aromatic rings. The Morgan fingerprint density at radius 2 is 2.46 bits per heavy atom. The molecule has 4 nitrogen and oxygen atoms in total. The highest BCUT2D eigenvalue weighted by Crippen LogP contribution is 2.29. The van der Waals surface area contributed by atoms with E-state index in [0.29, 0.717) is 5.00 Å². The lowest BCUT2D eigenvalue weighted by atomic mass is 10.3. The zero-order valence-corrected chi connectivity index (χ0v) is 8.26. The molecule has 0 aliphatic carbocycles. The van der Waals surface area contributed by atoms with E-state index in [1.54, 1.807) is 5.38 Å². The second-order valence-electron chi connectivity index (χ2n) is 2.67. The van der Waals surface area contributed by atoms with Gasteiger partial charge in [-0.2, -0.15) is 0 Å². The van der Waals surface area contributed by atoms with Crippen molar-refractivity contribution >= 4 is 22.0 Å². The van der Waals surface area contributed by atoms with Gasteiger partial charge in [-0.15, -0.1) is 11.3 Å². The second-order valence-corrected chi connectivity index (χ2v) is 3.59. The number of nitrogens with zero attached hydrogens (tertiary/aromatic N) is 1. The maximum Gasteiger partial charge on any atom is 0.303 e. The molecule has 5 heteroatoms. The van der Waals surface area contributed by atoms with E-state index in [-0.39, 0.29) is 10.6 Å². The number of anilines is 1. The molecule has 1 aromatic heterocycles. The lowest BCUT2D eigenvalue weighted by Gasteiger charge is -2.00. The molecule has 0 amide bonds. The van der Waals surface area contributed by atoms with Gasteiger partial charge < -0.3 is 5.32 Å². The molecule has 13 heavy (non-hydrogen) atoms. The van der Waals surface area contributed by atoms with Gasteiger partial charge in [0.1, 0.15) is 0 Å². The first kappa shape index (κ1) is 9.98. The predicted molar refractivity (Wildman–Crippen MR) is 54.4 cm³/mol. The third-order valence-electron chi connectivity index (χ3n) is 1.66. The van der Waals surface area contributed by atoms with Gasteiger partial charge in [-0.1, -0.05) is 13.3 Å². The Kier molecular flexibility index (Phi) is 3.70. The van der Waals surface area contributed by atoms with Crippen LogP contribution in [0, 0.1) is 10.1 Å². The summed E-state index contributed by atoms with van der Waals surface area (Å²) >= 11 is 1.38. The number of thiophene rings is 1. The van der Waals surface area contributed by atoms with Crippen LogP contribution in [0.3, 0.4) is 0 Å². The van der Waals surface area contributed by atoms with Crippen molar-refractivity contribution < 1.29 is 4.92 Å². The summed E-state index contributed by atoms with van der Waals surface area (Å²) < 4.78 is 0. The second kappa shape index (κ2) is 4.81. The van der Waals surface area contributed by atoms with Crippen LogP contribution in [-0.2, 0) is 0 Å². The van der Waals surface area contributed by atoms with Gasteiger partial charge >= 0.3 is 5.69 Å². The SMILES string of the molecule is CCCCNc1sccc1[N+](=O)[O-]. The first-order valence-electron chi connectivity index (χ1n) is 4.21. The van der Waals surface area contributed by atoms with Crippen molar-refractivity contribution in [1.82, 2.24) is 0 Å². The molecule has 1 rings (SSSR count). The monoisotopic (exact) mass is 200 g/mol. The summed E-state index contributed by atoms with van der Waals surface area (Å²) in [6, 6.07) is 1.53. The minimum absolute atomic E-state index is 0.182. The Hall–Kier alpha value is -1.10. The molecule has 0 aromatic carbocycles. The first-order valence-corrected chi connectivity index (χ1v) is 5.09. The molecule has 0 unspecified atom stereocenters. The van der Waals surface area contributed by atoms with E-state index in [0.717, 1.165) is 19.4 Å². The minimum Gasteiger partial charge on any atom is -0.371 e. The third-order valence-corrected chi connectivity index (χ3v) is 2.52. The number of hydrogen-bond donors (Lipinski definition) is 1. The topological polar surface area (TPSA) is 55.2 Å². The molecule has 1 heterocycles. The van der Waals surface area contributed by atoms with Crippen LogP contribution < -0.4 is 5.32 Å². The van der Waals surface area contributed by atoms with Gasteiger partial charge in [-0.3, -0.25) is 10.1 Å². The van der Waals surface area contributed by atoms with E-state index >= 15 is 0 Å². The van der Waals surface area contributed by atoms with E-state index in [4.69, 9.17) is 0 Å². The van der Waals surface area contributed by atoms with Gasteiger partial charge in [0.2, 0.25) is 0 Å². The van der Waals surface area contributed by atoms with Crippen molar-refractivity contribution in [3.63, 3.8) is 0 Å². The molecule has 0 aliphatic rings. The molecule has 0 fully saturated rings. The summed E-state index contributed by atoms with van der Waals surface area (Å²) in [6.07, 6.45) is 2.13. The average molecular weight is 200 g/mol. The summed E-state index contributed by atoms with van der Waals surface area (Å²) in [4.78, 5) is 10.1. The number of hydrogen-bond acceptors (Lipinski definition) is 4. The number of rotatable bonds is 5. The highest BCUT2D eigenvalue weighted by molar-refractivity contribution is 7.14. The molecule has 0 bridgehead atoms. The van der Waals surface area contributed by atoms with E-state index in [9.17, 15) is 10.1 Å². The molecule has 1 N–H and O–H groups in total. The molecule has 0 atom stereocenters. The van der Waals surface area contributed by atoms with Crippen molar-refractivity contribution in [1.29, 1.82) is 0 Å². The van der Waals surface area contributed by atoms with Crippen molar-refractivity contribution in [2.24, 2.45) is 0 Å². The predicted octanol–water partition coefficient (Wildman–Crippen LogP) is 2.87. The molecule has 0 radical (unpaired) electrons. The Bertz CT molecular complexity index is 285. The Balaban J connectivity index is 2.55. The van der Waals surface area contributed by atoms with E-state index in [1.807, 2.05) is 0 Å². The molecule has 0 spiro atoms. The van der Waals surface area contributed by atoms with Crippen molar-refractivity contribution in [3.05, 3.63) is 21.6 Å². The van der Waals surface area contributed by atoms with Gasteiger partial charge in [-0.05, 0) is 11.8 Å². The van der Waals surface area contributed by atoms with Crippen LogP contribution in [0.25, 0.3) is 0 Å². The normalized spacial score (nSPS) is 9.92. The summed E-state index contributed by atoms with van der Waals surface area (Å²) in [7, 11) is 0. The van der Waals surface area contributed by atoms with Crippen LogP contribution in [0.5, 0.6) is 0 Å². The zero-order chi connectivity index (χ0) is 9.68. The van der Waals surface area contributed by atoms with E-state index < -0.39 is 0 Å². The largest absolute Gasteiger partial charge is 0.371 e. The van der Waals surface area contributed by atoms with Crippen LogP contribution >= 0.6 is 11.3 Å². The quantitative estimate of drug-likeness (QED) is 0.451. The van der Waals surface area contributed by atoms with Crippen LogP contribution in [0.2, 0.25) is 0 Å². The number of unbranched alkanes of at least 4 members (excludes halogenated alkanes) is 1. The molecule has 0 aliphatic heterocycles. The lowest BCUT2D eigenvalue weighted by molar-refractivity contribution is -0.383. The Morgan fingerprint density at radius 1 is 1.69 bits per heavy atom. The Labute approximate surface area is 80.7 Å². The van der Waals surface area contributed by atoms with Crippen LogP contribution in [0.4, 0.5) is 10.7 Å². The van der Waals surface area contributed by atoms with E-state index in [2.05, 4.69) is 12.2 Å². The molecule has 72 valence electrons. The fourth-order valence-corrected chi connectivity index (χ4v) is 1.74. The lowest BCUT2D eigenvalue weighted by Crippen LogP contribution is -2.00. The van der Waals surface area contributed by atoms with Gasteiger partial charge in [0.25, 0.3) is 0 Å². The highest BCUT2D eigenvalue weighted by Gasteiger charge is 2.13. The fourth-order valence-electron chi connectivity index (χ4n) is 0.957. The molecule has 0 saturated heterocycles. The van der Waals surface area contributed by atoms with Crippen molar-refractivity contribution in [2.45, 2.75) is 19.8 Å². The summed E-state index contributed by atoms with van der Waals surface area (Å²) in [6.45, 7) is 2.89. The van der Waals surface area contributed by atoms with Gasteiger partial charge in [0.05, 0.1) is 4.92 Å². The van der Waals surface area contributed by atoms with Crippen LogP contribution in [-0.4, -0.2) is 11.5 Å². The standard InChI is InChI=1S/C8H12N2O2S/c1-2-3-5-9-8-7(10(11)12)4-6-13-8/h4,6,9H,2-3,5H2,1H3. The van der Waals surface area contributed by atoms with Crippen LogP contribution in [0.1, 0.15) is 19.8 Å². The maximum absolute atomic E-state index is 10.5. The summed E-state index contributed by atoms with van der Waals surface area (Å²) in [5.74, 6) is 0. The zero-order valence-electron chi connectivity index (χ0n) is 7.45. The summed E-state index contributed by atoms with van der Waals surface area (Å²) in [5.41, 5.74) is 0.182. The first-order chi connectivity index (χ1) is 6.25. The molecular formula is C8H12N2O2S. The van der Waals surface area contributed by atoms with E-state index in [1.165, 1.54) is 17.4 Å². The fraction of sp³-hybridized carbons (Fsp3) is 0.500. The third kappa shape index (κ3) is 2.69. The van der Waals surface area contributed by atoms with Crippen molar-refractivity contribution in [2.75, 3.05) is 11.9 Å². The number of nitrogens with one attached hydrogen (secondary N) is 1. The van der Waals surface area contributed by atoms with Gasteiger partial charge in [-0.25, -0.2) is 0 Å². The Morgan fingerprint density at radius 3 is 3.08 bits per heavy atom. The number of nitro groups is 1. The molecular weight excluding hydrogens is 188 g/mol. The maximum atomic E-state index is 10.5. The van der Waals surface area contributed by atoms with Gasteiger partial charge in [0.15, 0.2) is 5.00 Å². The highest BCUT2D eigenvalue weighted by atomic mass is 32.1. The summed E-state index contributed by atoms with van der Waals surface area (Å²) in [5, 5.41) is 15.9. The van der Waals surface area contributed by atoms with Crippen LogP contribution in [0.15, 0.2) is 11.4 Å². The van der Waals surface area contributed by atoms with Crippen molar-refractivity contribution in [3.8, 4) is 0 Å². The minimum atomic E-state index is -0.356. The van der Waals surface area contributed by atoms with Gasteiger partial charge in [0, 0.05) is 12.6 Å². The molecule has 0 saturated carbocycles. The average Bonchev–Trinajstić information content (AvgIpc) is 2.53.